The van der Waals surface area contributed by atoms with Crippen molar-refractivity contribution in [1.29, 1.82) is 0 Å². The maximum absolute atomic E-state index is 8.82. The summed E-state index contributed by atoms with van der Waals surface area (Å²) in [5, 5.41) is 8.82. The molecule has 0 spiro atoms. The predicted molar refractivity (Wildman–Crippen MR) is 83.7 cm³/mol. The standard InChI is InChI=1S/C16H34O5/c1-4-7-10-20-14-16(12-18-5-2,13-19-6-3)15-21-11-8-9-17/h17H,4-15H2,1-3H3. The molecule has 0 aliphatic rings. The van der Waals surface area contributed by atoms with E-state index < -0.39 is 0 Å². The van der Waals surface area contributed by atoms with Crippen molar-refractivity contribution in [3.8, 4) is 0 Å². The van der Waals surface area contributed by atoms with E-state index in [0.29, 0.717) is 52.7 Å². The fourth-order valence-corrected chi connectivity index (χ4v) is 1.88. The first-order chi connectivity index (χ1) is 10.2. The topological polar surface area (TPSA) is 57.2 Å². The van der Waals surface area contributed by atoms with Crippen LogP contribution in [0.2, 0.25) is 0 Å². The largest absolute Gasteiger partial charge is 0.396 e. The first kappa shape index (κ1) is 20.8. The van der Waals surface area contributed by atoms with Gasteiger partial charge < -0.3 is 24.1 Å². The number of hydrogen-bond donors (Lipinski definition) is 1. The van der Waals surface area contributed by atoms with Crippen molar-refractivity contribution in [2.24, 2.45) is 5.41 Å². The highest BCUT2D eigenvalue weighted by atomic mass is 16.5. The molecule has 0 aliphatic heterocycles. The highest BCUT2D eigenvalue weighted by molar-refractivity contribution is 4.79. The lowest BCUT2D eigenvalue weighted by molar-refractivity contribution is -0.105. The fraction of sp³-hybridized carbons (Fsp3) is 1.00. The van der Waals surface area contributed by atoms with Crippen LogP contribution in [0.1, 0.15) is 40.0 Å². The second-order valence-corrected chi connectivity index (χ2v) is 5.31. The van der Waals surface area contributed by atoms with Crippen LogP contribution >= 0.6 is 0 Å². The van der Waals surface area contributed by atoms with Crippen LogP contribution in [-0.4, -0.2) is 64.6 Å². The monoisotopic (exact) mass is 306 g/mol. The third-order valence-corrected chi connectivity index (χ3v) is 3.13. The molecule has 0 bridgehead atoms. The summed E-state index contributed by atoms with van der Waals surface area (Å²) in [7, 11) is 0. The second kappa shape index (κ2) is 14.7. The Kier molecular flexibility index (Phi) is 14.6. The Morgan fingerprint density at radius 1 is 0.714 bits per heavy atom. The summed E-state index contributed by atoms with van der Waals surface area (Å²) in [6, 6.07) is 0. The molecule has 0 saturated heterocycles. The predicted octanol–water partition coefficient (Wildman–Crippen LogP) is 2.26. The molecule has 0 aliphatic carbocycles. The second-order valence-electron chi connectivity index (χ2n) is 5.31. The van der Waals surface area contributed by atoms with Gasteiger partial charge in [-0.2, -0.15) is 0 Å². The van der Waals surface area contributed by atoms with E-state index in [2.05, 4.69) is 6.92 Å². The highest BCUT2D eigenvalue weighted by Gasteiger charge is 2.32. The van der Waals surface area contributed by atoms with Gasteiger partial charge in [-0.05, 0) is 26.7 Å². The third-order valence-electron chi connectivity index (χ3n) is 3.13. The van der Waals surface area contributed by atoms with Crippen molar-refractivity contribution < 1.29 is 24.1 Å². The minimum atomic E-state index is -0.269. The molecule has 5 heteroatoms. The molecule has 128 valence electrons. The van der Waals surface area contributed by atoms with Crippen LogP contribution in [-0.2, 0) is 18.9 Å². The maximum atomic E-state index is 8.82. The van der Waals surface area contributed by atoms with Crippen LogP contribution in [0.25, 0.3) is 0 Å². The number of hydrogen-bond acceptors (Lipinski definition) is 5. The highest BCUT2D eigenvalue weighted by Crippen LogP contribution is 2.21. The van der Waals surface area contributed by atoms with Gasteiger partial charge in [0.05, 0.1) is 31.8 Å². The molecule has 21 heavy (non-hydrogen) atoms. The molecule has 0 saturated carbocycles. The lowest BCUT2D eigenvalue weighted by Gasteiger charge is -2.32. The normalized spacial score (nSPS) is 12.0. The summed E-state index contributed by atoms with van der Waals surface area (Å²) in [4.78, 5) is 0. The van der Waals surface area contributed by atoms with Gasteiger partial charge in [0.15, 0.2) is 0 Å². The Labute approximate surface area is 129 Å². The number of rotatable bonds is 16. The zero-order chi connectivity index (χ0) is 15.8. The number of aliphatic hydroxyl groups excluding tert-OH is 1. The van der Waals surface area contributed by atoms with Gasteiger partial charge in [-0.1, -0.05) is 13.3 Å². The van der Waals surface area contributed by atoms with Crippen LogP contribution < -0.4 is 0 Å². The Morgan fingerprint density at radius 3 is 1.62 bits per heavy atom. The Bertz CT molecular complexity index is 189. The summed E-state index contributed by atoms with van der Waals surface area (Å²) in [6.07, 6.45) is 2.83. The smallest absolute Gasteiger partial charge is 0.0637 e. The molecule has 0 heterocycles. The van der Waals surface area contributed by atoms with Crippen molar-refractivity contribution >= 4 is 0 Å². The van der Waals surface area contributed by atoms with Gasteiger partial charge >= 0.3 is 0 Å². The molecule has 0 aromatic carbocycles. The van der Waals surface area contributed by atoms with Gasteiger partial charge in [-0.3, -0.25) is 0 Å². The minimum Gasteiger partial charge on any atom is -0.396 e. The average Bonchev–Trinajstić information content (AvgIpc) is 2.51. The molecule has 0 atom stereocenters. The zero-order valence-electron chi connectivity index (χ0n) is 14.1. The van der Waals surface area contributed by atoms with Gasteiger partial charge in [0.2, 0.25) is 0 Å². The molecule has 0 aromatic rings. The van der Waals surface area contributed by atoms with Gasteiger partial charge in [0.1, 0.15) is 0 Å². The van der Waals surface area contributed by atoms with Crippen molar-refractivity contribution in [2.75, 3.05) is 59.5 Å². The van der Waals surface area contributed by atoms with Crippen molar-refractivity contribution in [2.45, 2.75) is 40.0 Å². The zero-order valence-corrected chi connectivity index (χ0v) is 14.1. The van der Waals surface area contributed by atoms with E-state index in [4.69, 9.17) is 24.1 Å². The first-order valence-electron chi connectivity index (χ1n) is 8.16. The fourth-order valence-electron chi connectivity index (χ4n) is 1.88. The molecular formula is C16H34O5. The molecule has 0 fully saturated rings. The summed E-state index contributed by atoms with van der Waals surface area (Å²) in [6.45, 7) is 11.1. The molecule has 0 amide bonds. The third kappa shape index (κ3) is 11.1. The van der Waals surface area contributed by atoms with E-state index in [1.165, 1.54) is 0 Å². The molecular weight excluding hydrogens is 272 g/mol. The summed E-state index contributed by atoms with van der Waals surface area (Å²) < 4.78 is 22.7. The van der Waals surface area contributed by atoms with Gasteiger partial charge in [-0.25, -0.2) is 0 Å². The molecule has 5 nitrogen and oxygen atoms in total. The van der Waals surface area contributed by atoms with E-state index in [1.807, 2.05) is 13.8 Å². The minimum absolute atomic E-state index is 0.150. The van der Waals surface area contributed by atoms with E-state index in [0.717, 1.165) is 19.4 Å². The van der Waals surface area contributed by atoms with Gasteiger partial charge in [0.25, 0.3) is 0 Å². The van der Waals surface area contributed by atoms with E-state index >= 15 is 0 Å². The van der Waals surface area contributed by atoms with Crippen LogP contribution in [0.15, 0.2) is 0 Å². The first-order valence-corrected chi connectivity index (χ1v) is 8.16. The van der Waals surface area contributed by atoms with E-state index in [9.17, 15) is 0 Å². The Hall–Kier alpha value is -0.200. The average molecular weight is 306 g/mol. The molecule has 0 rings (SSSR count). The molecule has 1 N–H and O–H groups in total. The van der Waals surface area contributed by atoms with Gasteiger partial charge in [0, 0.05) is 33.0 Å². The van der Waals surface area contributed by atoms with Crippen LogP contribution in [0.5, 0.6) is 0 Å². The SMILES string of the molecule is CCCCOCC(COCC)(COCC)COCCCO. The summed E-state index contributed by atoms with van der Waals surface area (Å²) in [5.74, 6) is 0. The van der Waals surface area contributed by atoms with Crippen molar-refractivity contribution in [3.63, 3.8) is 0 Å². The molecule has 0 radical (unpaired) electrons. The number of unbranched alkanes of at least 4 members (excludes halogenated alkanes) is 1. The maximum Gasteiger partial charge on any atom is 0.0637 e. The summed E-state index contributed by atoms with van der Waals surface area (Å²) >= 11 is 0. The van der Waals surface area contributed by atoms with E-state index in [1.54, 1.807) is 0 Å². The van der Waals surface area contributed by atoms with E-state index in [-0.39, 0.29) is 12.0 Å². The number of ether oxygens (including phenoxy) is 4. The van der Waals surface area contributed by atoms with Crippen LogP contribution in [0, 0.1) is 5.41 Å². The van der Waals surface area contributed by atoms with Crippen molar-refractivity contribution in [1.82, 2.24) is 0 Å². The quantitative estimate of drug-likeness (QED) is 0.443. The van der Waals surface area contributed by atoms with Gasteiger partial charge in [-0.15, -0.1) is 0 Å². The lowest BCUT2D eigenvalue weighted by Crippen LogP contribution is -2.42. The molecule has 0 unspecified atom stereocenters. The molecule has 0 aromatic heterocycles. The Morgan fingerprint density at radius 2 is 1.19 bits per heavy atom. The summed E-state index contributed by atoms with van der Waals surface area (Å²) in [5.41, 5.74) is -0.269. The number of aliphatic hydroxyl groups is 1. The van der Waals surface area contributed by atoms with Crippen LogP contribution in [0.4, 0.5) is 0 Å². The lowest BCUT2D eigenvalue weighted by atomic mass is 9.92. The van der Waals surface area contributed by atoms with Crippen LogP contribution in [0.3, 0.4) is 0 Å². The van der Waals surface area contributed by atoms with Crippen molar-refractivity contribution in [3.05, 3.63) is 0 Å². The Balaban J connectivity index is 4.43.